The van der Waals surface area contributed by atoms with E-state index < -0.39 is 0 Å². The molecule has 150 valence electrons. The molecular formula is C21H27N3O4. The molecule has 0 aliphatic heterocycles. The van der Waals surface area contributed by atoms with Gasteiger partial charge in [-0.05, 0) is 37.1 Å². The minimum absolute atomic E-state index is 0.220. The summed E-state index contributed by atoms with van der Waals surface area (Å²) in [6, 6.07) is 15.1. The zero-order valence-electron chi connectivity index (χ0n) is 16.5. The van der Waals surface area contributed by atoms with Crippen molar-refractivity contribution in [3.8, 4) is 11.5 Å². The van der Waals surface area contributed by atoms with Crippen LogP contribution in [0.25, 0.3) is 0 Å². The van der Waals surface area contributed by atoms with Gasteiger partial charge < -0.3 is 25.4 Å². The van der Waals surface area contributed by atoms with Crippen LogP contribution >= 0.6 is 0 Å². The first-order valence-corrected chi connectivity index (χ1v) is 9.03. The minimum Gasteiger partial charge on any atom is -0.497 e. The molecule has 2 rings (SSSR count). The quantitative estimate of drug-likeness (QED) is 0.372. The Bertz CT molecular complexity index is 793. The highest BCUT2D eigenvalue weighted by atomic mass is 16.6. The summed E-state index contributed by atoms with van der Waals surface area (Å²) in [6.45, 7) is 1.63. The Hall–Kier alpha value is -3.22. The maximum atomic E-state index is 12.1. The molecule has 3 N–H and O–H groups in total. The topological polar surface area (TPSA) is 95.2 Å². The summed E-state index contributed by atoms with van der Waals surface area (Å²) in [7, 11) is 3.17. The predicted molar refractivity (Wildman–Crippen MR) is 108 cm³/mol. The standard InChI is InChI=1S/C21H27N3O4/c1-15(18-13-17(26-2)10-11-19(18)27-3)23-21(25)14-28-24-20(22)12-9-16-7-5-4-6-8-16/h4-8,10-11,13,15H,9,12,14H2,1-3H3,(H2,22,24)(H,23,25). The number of amidine groups is 1. The van der Waals surface area contributed by atoms with Gasteiger partial charge in [-0.15, -0.1) is 0 Å². The molecule has 0 aliphatic rings. The van der Waals surface area contributed by atoms with Crippen LogP contribution in [0.15, 0.2) is 53.7 Å². The van der Waals surface area contributed by atoms with Crippen LogP contribution < -0.4 is 20.5 Å². The van der Waals surface area contributed by atoms with E-state index in [2.05, 4.69) is 10.5 Å². The highest BCUT2D eigenvalue weighted by molar-refractivity contribution is 5.80. The van der Waals surface area contributed by atoms with E-state index in [-0.39, 0.29) is 18.6 Å². The van der Waals surface area contributed by atoms with Crippen molar-refractivity contribution in [2.24, 2.45) is 10.9 Å². The van der Waals surface area contributed by atoms with Crippen molar-refractivity contribution in [3.05, 3.63) is 59.7 Å². The molecule has 7 nitrogen and oxygen atoms in total. The summed E-state index contributed by atoms with van der Waals surface area (Å²) in [5.41, 5.74) is 7.81. The van der Waals surface area contributed by atoms with E-state index in [1.807, 2.05) is 43.3 Å². The van der Waals surface area contributed by atoms with Crippen LogP contribution in [-0.2, 0) is 16.1 Å². The van der Waals surface area contributed by atoms with Crippen molar-refractivity contribution in [2.75, 3.05) is 20.8 Å². The van der Waals surface area contributed by atoms with Gasteiger partial charge in [0.2, 0.25) is 0 Å². The molecule has 0 bridgehead atoms. The summed E-state index contributed by atoms with van der Waals surface area (Å²) in [5, 5.41) is 6.65. The van der Waals surface area contributed by atoms with Gasteiger partial charge >= 0.3 is 0 Å². The van der Waals surface area contributed by atoms with E-state index in [0.717, 1.165) is 12.0 Å². The van der Waals surface area contributed by atoms with Gasteiger partial charge in [0.15, 0.2) is 6.61 Å². The Balaban J connectivity index is 1.81. The van der Waals surface area contributed by atoms with E-state index in [9.17, 15) is 4.79 Å². The molecule has 1 atom stereocenters. The van der Waals surface area contributed by atoms with Crippen LogP contribution in [0.3, 0.4) is 0 Å². The average Bonchev–Trinajstić information content (AvgIpc) is 2.72. The fourth-order valence-electron chi connectivity index (χ4n) is 2.68. The first-order chi connectivity index (χ1) is 13.5. The van der Waals surface area contributed by atoms with E-state index in [0.29, 0.717) is 23.8 Å². The lowest BCUT2D eigenvalue weighted by Crippen LogP contribution is -2.30. The number of aryl methyl sites for hydroxylation is 1. The number of nitrogens with one attached hydrogen (secondary N) is 1. The van der Waals surface area contributed by atoms with Crippen LogP contribution in [0.4, 0.5) is 0 Å². The monoisotopic (exact) mass is 385 g/mol. The Morgan fingerprint density at radius 1 is 1.14 bits per heavy atom. The van der Waals surface area contributed by atoms with Crippen LogP contribution in [0, 0.1) is 0 Å². The largest absolute Gasteiger partial charge is 0.497 e. The second-order valence-electron chi connectivity index (χ2n) is 6.24. The third kappa shape index (κ3) is 6.50. The molecule has 0 saturated heterocycles. The van der Waals surface area contributed by atoms with E-state index in [4.69, 9.17) is 20.0 Å². The molecule has 0 aromatic heterocycles. The van der Waals surface area contributed by atoms with Crippen LogP contribution in [0.2, 0.25) is 0 Å². The zero-order valence-corrected chi connectivity index (χ0v) is 16.5. The molecule has 2 aromatic rings. The molecule has 0 fully saturated rings. The Morgan fingerprint density at radius 2 is 1.89 bits per heavy atom. The number of carbonyl (C=O) groups excluding carboxylic acids is 1. The number of methoxy groups -OCH3 is 2. The molecule has 0 heterocycles. The van der Waals surface area contributed by atoms with Gasteiger partial charge in [-0.1, -0.05) is 35.5 Å². The second kappa shape index (κ2) is 10.8. The number of hydrogen-bond donors (Lipinski definition) is 2. The third-order valence-electron chi connectivity index (χ3n) is 4.17. The SMILES string of the molecule is COc1ccc(OC)c(C(C)NC(=O)CO/N=C(\N)CCc2ccccc2)c1. The second-order valence-corrected chi connectivity index (χ2v) is 6.24. The lowest BCUT2D eigenvalue weighted by Gasteiger charge is -2.18. The Labute approximate surface area is 165 Å². The van der Waals surface area contributed by atoms with E-state index >= 15 is 0 Å². The molecule has 0 spiro atoms. The van der Waals surface area contributed by atoms with Gasteiger partial charge in [0.1, 0.15) is 17.3 Å². The van der Waals surface area contributed by atoms with Gasteiger partial charge in [-0.3, -0.25) is 4.79 Å². The fourth-order valence-corrected chi connectivity index (χ4v) is 2.68. The van der Waals surface area contributed by atoms with Crippen molar-refractivity contribution >= 4 is 11.7 Å². The number of ether oxygens (including phenoxy) is 2. The summed E-state index contributed by atoms with van der Waals surface area (Å²) < 4.78 is 10.6. The highest BCUT2D eigenvalue weighted by Gasteiger charge is 2.15. The van der Waals surface area contributed by atoms with Crippen molar-refractivity contribution in [1.29, 1.82) is 0 Å². The van der Waals surface area contributed by atoms with Gasteiger partial charge in [0.05, 0.1) is 20.3 Å². The van der Waals surface area contributed by atoms with Crippen LogP contribution in [-0.4, -0.2) is 32.6 Å². The molecular weight excluding hydrogens is 358 g/mol. The van der Waals surface area contributed by atoms with Crippen LogP contribution in [0.1, 0.15) is 30.5 Å². The maximum absolute atomic E-state index is 12.1. The molecule has 1 amide bonds. The zero-order chi connectivity index (χ0) is 20.4. The van der Waals surface area contributed by atoms with E-state index in [1.165, 1.54) is 5.56 Å². The first-order valence-electron chi connectivity index (χ1n) is 9.03. The fraction of sp³-hybridized carbons (Fsp3) is 0.333. The Kier molecular flexibility index (Phi) is 8.14. The van der Waals surface area contributed by atoms with Gasteiger partial charge in [-0.25, -0.2) is 0 Å². The van der Waals surface area contributed by atoms with Crippen LogP contribution in [0.5, 0.6) is 11.5 Å². The number of amides is 1. The smallest absolute Gasteiger partial charge is 0.261 e. The van der Waals surface area contributed by atoms with Crippen molar-refractivity contribution in [2.45, 2.75) is 25.8 Å². The van der Waals surface area contributed by atoms with Gasteiger partial charge in [0.25, 0.3) is 5.91 Å². The van der Waals surface area contributed by atoms with Crippen molar-refractivity contribution in [1.82, 2.24) is 5.32 Å². The number of nitrogens with zero attached hydrogens (tertiary/aromatic N) is 1. The number of carbonyl (C=O) groups is 1. The predicted octanol–water partition coefficient (Wildman–Crippen LogP) is 2.80. The van der Waals surface area contributed by atoms with Gasteiger partial charge in [0, 0.05) is 12.0 Å². The molecule has 28 heavy (non-hydrogen) atoms. The van der Waals surface area contributed by atoms with Gasteiger partial charge in [-0.2, -0.15) is 0 Å². The number of oxime groups is 1. The molecule has 1 unspecified atom stereocenters. The van der Waals surface area contributed by atoms with E-state index in [1.54, 1.807) is 26.4 Å². The number of rotatable bonds is 10. The highest BCUT2D eigenvalue weighted by Crippen LogP contribution is 2.29. The van der Waals surface area contributed by atoms with Crippen molar-refractivity contribution < 1.29 is 19.1 Å². The molecule has 2 aromatic carbocycles. The van der Waals surface area contributed by atoms with Crippen molar-refractivity contribution in [3.63, 3.8) is 0 Å². The number of hydrogen-bond acceptors (Lipinski definition) is 5. The molecule has 0 saturated carbocycles. The minimum atomic E-state index is -0.308. The number of nitrogens with two attached hydrogens (primary N) is 1. The maximum Gasteiger partial charge on any atom is 0.261 e. The molecule has 0 aliphatic carbocycles. The average molecular weight is 385 g/mol. The number of benzene rings is 2. The molecule has 0 radical (unpaired) electrons. The third-order valence-corrected chi connectivity index (χ3v) is 4.17. The summed E-state index contributed by atoms with van der Waals surface area (Å²) >= 11 is 0. The molecule has 7 heteroatoms. The summed E-state index contributed by atoms with van der Waals surface area (Å²) in [6.07, 6.45) is 1.32. The first kappa shape index (κ1) is 21.1. The normalized spacial score (nSPS) is 12.2. The lowest BCUT2D eigenvalue weighted by molar-refractivity contribution is -0.126. The summed E-state index contributed by atoms with van der Waals surface area (Å²) in [4.78, 5) is 17.2. The lowest BCUT2D eigenvalue weighted by atomic mass is 10.1. The summed E-state index contributed by atoms with van der Waals surface area (Å²) in [5.74, 6) is 1.39. The Morgan fingerprint density at radius 3 is 2.57 bits per heavy atom.